The number of carbonyl (C=O) groups is 1. The molecule has 3 nitrogen and oxygen atoms in total. The topological polar surface area (TPSA) is 57.5 Å². The number of hydrogen-bond donors (Lipinski definition) is 2. The third-order valence-corrected chi connectivity index (χ3v) is 3.82. The number of alkyl halides is 1. The van der Waals surface area contributed by atoms with Gasteiger partial charge < -0.3 is 10.2 Å². The number of benzene rings is 1. The summed E-state index contributed by atoms with van der Waals surface area (Å²) < 4.78 is 0. The number of thioether (sulfide) groups is 1. The van der Waals surface area contributed by atoms with E-state index in [0.717, 1.165) is 23.1 Å². The molecule has 1 aromatic rings. The fraction of sp³-hybridized carbons (Fsp3) is 0.417. The monoisotopic (exact) mass is 318 g/mol. The number of halogens is 1. The molecule has 0 aliphatic heterocycles. The van der Waals surface area contributed by atoms with E-state index in [4.69, 9.17) is 5.11 Å². The van der Waals surface area contributed by atoms with Crippen LogP contribution in [-0.4, -0.2) is 27.8 Å². The molecule has 1 rings (SSSR count). The fourth-order valence-corrected chi connectivity index (χ4v) is 2.50. The molecule has 0 aromatic heterocycles. The minimum atomic E-state index is -1.44. The first-order valence-electron chi connectivity index (χ1n) is 5.23. The molecule has 0 aliphatic rings. The quantitative estimate of drug-likeness (QED) is 0.625. The fourth-order valence-electron chi connectivity index (χ4n) is 1.54. The molecular weight excluding hydrogens is 304 g/mol. The molecule has 0 saturated carbocycles. The Bertz CT molecular complexity index is 395. The zero-order chi connectivity index (χ0) is 12.8. The van der Waals surface area contributed by atoms with Gasteiger partial charge in [0.25, 0.3) is 0 Å². The Labute approximate surface area is 113 Å². The van der Waals surface area contributed by atoms with Crippen molar-refractivity contribution in [3.8, 4) is 0 Å². The number of hydrogen-bond acceptors (Lipinski definition) is 3. The molecule has 94 valence electrons. The van der Waals surface area contributed by atoms with E-state index in [2.05, 4.69) is 15.9 Å². The van der Waals surface area contributed by atoms with Gasteiger partial charge in [0.05, 0.1) is 0 Å². The maximum atomic E-state index is 10.7. The van der Waals surface area contributed by atoms with Crippen molar-refractivity contribution in [2.75, 3.05) is 11.6 Å². The van der Waals surface area contributed by atoms with Crippen molar-refractivity contribution >= 4 is 33.7 Å². The summed E-state index contributed by atoms with van der Waals surface area (Å²) in [5.41, 5.74) is 1.63. The van der Waals surface area contributed by atoms with Crippen LogP contribution in [0.15, 0.2) is 23.1 Å². The minimum Gasteiger partial charge on any atom is -0.479 e. The number of carboxylic acid groups (broad SMARTS) is 1. The van der Waals surface area contributed by atoms with E-state index < -0.39 is 12.1 Å². The van der Waals surface area contributed by atoms with Gasteiger partial charge in [0, 0.05) is 10.2 Å². The Balaban J connectivity index is 2.95. The van der Waals surface area contributed by atoms with Crippen molar-refractivity contribution in [1.82, 2.24) is 0 Å². The number of carboxylic acids is 1. The molecule has 1 unspecified atom stereocenters. The van der Waals surface area contributed by atoms with Crippen molar-refractivity contribution < 1.29 is 15.0 Å². The molecule has 1 aromatic carbocycles. The predicted octanol–water partition coefficient (Wildman–Crippen LogP) is 2.85. The molecule has 2 N–H and O–H groups in total. The van der Waals surface area contributed by atoms with Crippen molar-refractivity contribution in [2.45, 2.75) is 23.8 Å². The highest BCUT2D eigenvalue weighted by atomic mass is 79.9. The summed E-state index contributed by atoms with van der Waals surface area (Å²) >= 11 is 4.96. The van der Waals surface area contributed by atoms with Gasteiger partial charge in [-0.15, -0.1) is 11.8 Å². The van der Waals surface area contributed by atoms with E-state index in [0.29, 0.717) is 5.56 Å². The van der Waals surface area contributed by atoms with Crippen molar-refractivity contribution in [1.29, 1.82) is 0 Å². The van der Waals surface area contributed by atoms with E-state index in [1.807, 2.05) is 12.3 Å². The largest absolute Gasteiger partial charge is 0.479 e. The second-order valence-electron chi connectivity index (χ2n) is 3.60. The van der Waals surface area contributed by atoms with Crippen LogP contribution in [0.1, 0.15) is 23.7 Å². The van der Waals surface area contributed by atoms with Crippen LogP contribution in [0.4, 0.5) is 0 Å². The summed E-state index contributed by atoms with van der Waals surface area (Å²) in [4.78, 5) is 11.7. The lowest BCUT2D eigenvalue weighted by atomic mass is 10.0. The molecule has 17 heavy (non-hydrogen) atoms. The number of aliphatic hydroxyl groups excluding tert-OH is 1. The van der Waals surface area contributed by atoms with E-state index >= 15 is 0 Å². The average molecular weight is 319 g/mol. The van der Waals surface area contributed by atoms with E-state index in [1.54, 1.807) is 23.9 Å². The summed E-state index contributed by atoms with van der Waals surface area (Å²) in [7, 11) is 0. The SMILES string of the molecule is CSc1cc(C(O)C(=O)O)ccc1CCCBr. The molecule has 0 amide bonds. The lowest BCUT2D eigenvalue weighted by Gasteiger charge is -2.11. The van der Waals surface area contributed by atoms with Crippen molar-refractivity contribution in [2.24, 2.45) is 0 Å². The van der Waals surface area contributed by atoms with E-state index in [1.165, 1.54) is 5.56 Å². The molecule has 1 atom stereocenters. The molecule has 0 aliphatic carbocycles. The molecule has 5 heteroatoms. The van der Waals surface area contributed by atoms with E-state index in [-0.39, 0.29) is 0 Å². The van der Waals surface area contributed by atoms with E-state index in [9.17, 15) is 9.90 Å². The lowest BCUT2D eigenvalue weighted by Crippen LogP contribution is -2.10. The van der Waals surface area contributed by atoms with Crippen LogP contribution in [0.3, 0.4) is 0 Å². The first kappa shape index (κ1) is 14.5. The highest BCUT2D eigenvalue weighted by molar-refractivity contribution is 9.09. The average Bonchev–Trinajstić information content (AvgIpc) is 2.35. The molecule has 0 saturated heterocycles. The van der Waals surface area contributed by atoms with Crippen LogP contribution < -0.4 is 0 Å². The minimum absolute atomic E-state index is 0.435. The van der Waals surface area contributed by atoms with Gasteiger partial charge in [0.2, 0.25) is 0 Å². The first-order chi connectivity index (χ1) is 8.10. The second kappa shape index (κ2) is 7.03. The van der Waals surface area contributed by atoms with Crippen molar-refractivity contribution in [3.05, 3.63) is 29.3 Å². The van der Waals surface area contributed by atoms with Gasteiger partial charge in [-0.1, -0.05) is 28.1 Å². The van der Waals surface area contributed by atoms with Gasteiger partial charge in [0.15, 0.2) is 6.10 Å². The molecule has 0 spiro atoms. The number of aryl methyl sites for hydroxylation is 1. The maximum Gasteiger partial charge on any atom is 0.337 e. The number of rotatable bonds is 6. The third-order valence-electron chi connectivity index (χ3n) is 2.44. The lowest BCUT2D eigenvalue weighted by molar-refractivity contribution is -0.146. The summed E-state index contributed by atoms with van der Waals surface area (Å²) in [5, 5.41) is 19.2. The Morgan fingerprint density at radius 3 is 2.76 bits per heavy atom. The number of aliphatic hydroxyl groups is 1. The number of aliphatic carboxylic acids is 1. The predicted molar refractivity (Wildman–Crippen MR) is 72.9 cm³/mol. The third kappa shape index (κ3) is 4.01. The van der Waals surface area contributed by atoms with Gasteiger partial charge in [0.1, 0.15) is 0 Å². The maximum absolute atomic E-state index is 10.7. The molecular formula is C12H15BrO3S. The van der Waals surface area contributed by atoms with Crippen LogP contribution in [0.5, 0.6) is 0 Å². The van der Waals surface area contributed by atoms with Gasteiger partial charge in [-0.3, -0.25) is 0 Å². The smallest absolute Gasteiger partial charge is 0.337 e. The zero-order valence-electron chi connectivity index (χ0n) is 9.52. The summed E-state index contributed by atoms with van der Waals surface area (Å²) in [6, 6.07) is 5.34. The van der Waals surface area contributed by atoms with Crippen molar-refractivity contribution in [3.63, 3.8) is 0 Å². The van der Waals surface area contributed by atoms with Gasteiger partial charge >= 0.3 is 5.97 Å². The Morgan fingerprint density at radius 2 is 2.24 bits per heavy atom. The normalized spacial score (nSPS) is 12.4. The summed E-state index contributed by atoms with van der Waals surface area (Å²) in [6.07, 6.45) is 2.49. The summed E-state index contributed by atoms with van der Waals surface area (Å²) in [6.45, 7) is 0. The highest BCUT2D eigenvalue weighted by Gasteiger charge is 2.16. The second-order valence-corrected chi connectivity index (χ2v) is 5.25. The van der Waals surface area contributed by atoms with Gasteiger partial charge in [-0.25, -0.2) is 4.79 Å². The van der Waals surface area contributed by atoms with Crippen LogP contribution in [0, 0.1) is 0 Å². The Kier molecular flexibility index (Phi) is 6.02. The van der Waals surface area contributed by atoms with Crippen LogP contribution in [0.25, 0.3) is 0 Å². The highest BCUT2D eigenvalue weighted by Crippen LogP contribution is 2.26. The van der Waals surface area contributed by atoms with Crippen LogP contribution in [-0.2, 0) is 11.2 Å². The molecule has 0 heterocycles. The van der Waals surface area contributed by atoms with Crippen LogP contribution in [0.2, 0.25) is 0 Å². The first-order valence-corrected chi connectivity index (χ1v) is 7.58. The van der Waals surface area contributed by atoms with Crippen LogP contribution >= 0.6 is 27.7 Å². The Hall–Kier alpha value is -0.520. The molecule has 0 fully saturated rings. The van der Waals surface area contributed by atoms with Gasteiger partial charge in [-0.05, 0) is 36.3 Å². The molecule has 0 radical (unpaired) electrons. The Morgan fingerprint density at radius 1 is 1.53 bits per heavy atom. The summed E-state index contributed by atoms with van der Waals surface area (Å²) in [5.74, 6) is -1.22. The van der Waals surface area contributed by atoms with Gasteiger partial charge in [-0.2, -0.15) is 0 Å². The zero-order valence-corrected chi connectivity index (χ0v) is 11.9. The standard InChI is InChI=1S/C12H15BrO3S/c1-17-10-7-9(11(14)12(15)16)5-4-8(10)3-2-6-13/h4-5,7,11,14H,2-3,6H2,1H3,(H,15,16). The molecule has 0 bridgehead atoms.